The quantitative estimate of drug-likeness (QED) is 0.198. The van der Waals surface area contributed by atoms with Crippen LogP contribution in [0.5, 0.6) is 5.75 Å². The summed E-state index contributed by atoms with van der Waals surface area (Å²) in [5.74, 6) is 1.70. The molecule has 2 aromatic rings. The summed E-state index contributed by atoms with van der Waals surface area (Å²) in [5, 5.41) is 3.20. The van der Waals surface area contributed by atoms with Crippen molar-refractivity contribution in [1.29, 1.82) is 0 Å². The van der Waals surface area contributed by atoms with Crippen molar-refractivity contribution in [1.82, 2.24) is 20.2 Å². The summed E-state index contributed by atoms with van der Waals surface area (Å²) in [7, 11) is 1.60. The Morgan fingerprint density at radius 2 is 1.80 bits per heavy atom. The third kappa shape index (κ3) is 6.86. The maximum atomic E-state index is 14.9. The molecule has 10 nitrogen and oxygen atoms in total. The van der Waals surface area contributed by atoms with Gasteiger partial charge in [0.05, 0.1) is 24.2 Å². The molecule has 1 aromatic carbocycles. The molecule has 0 bridgehead atoms. The standard InChI is InChI=1S/C44H64N4O6/c1-27(2)35(49)37-43(25-28(43)3)22-23-48(37)39(51)36(41(4,5)29-14-9-8-10-15-29)47-40(52)54-42(6)20-13-21-44(42)26-30(44)16-11-12-17-33-38(50)46-34-24-31(53-7)18-19-32(34)45-33/h18-19,24,27-30,36-37H,8-17,20-23,25-26H2,1-7H3,(H,46,50)(H,47,52)/t28-,30?,36?,37-,42?,43?,44?/m1/s1. The molecule has 5 aliphatic rings. The van der Waals surface area contributed by atoms with Crippen LogP contribution in [0.1, 0.15) is 137 Å². The Hall–Kier alpha value is -3.43. The number of methoxy groups -OCH3 is 1. The predicted molar refractivity (Wildman–Crippen MR) is 209 cm³/mol. The molecule has 5 unspecified atom stereocenters. The minimum absolute atomic E-state index is 0.0569. The van der Waals surface area contributed by atoms with Crippen LogP contribution >= 0.6 is 0 Å². The highest BCUT2D eigenvalue weighted by atomic mass is 16.6. The van der Waals surface area contributed by atoms with E-state index in [4.69, 9.17) is 9.47 Å². The predicted octanol–water partition coefficient (Wildman–Crippen LogP) is 8.15. The average molecular weight is 745 g/mol. The fourth-order valence-corrected chi connectivity index (χ4v) is 11.5. The Balaban J connectivity index is 1.01. The number of aryl methyl sites for hydroxylation is 1. The number of amides is 2. The molecular weight excluding hydrogens is 681 g/mol. The summed E-state index contributed by atoms with van der Waals surface area (Å²) in [6, 6.07) is 4.31. The molecule has 7 rings (SSSR count). The average Bonchev–Trinajstić information content (AvgIpc) is 3.93. The number of likely N-dealkylation sites (tertiary alicyclic amines) is 1. The molecule has 0 radical (unpaired) electrons. The highest BCUT2D eigenvalue weighted by Crippen LogP contribution is 2.70. The summed E-state index contributed by atoms with van der Waals surface area (Å²) in [4.78, 5) is 65.0. The third-order valence-corrected chi connectivity index (χ3v) is 15.3. The van der Waals surface area contributed by atoms with Gasteiger partial charge >= 0.3 is 6.09 Å². The van der Waals surface area contributed by atoms with Crippen LogP contribution in [-0.4, -0.2) is 64.0 Å². The van der Waals surface area contributed by atoms with Crippen LogP contribution in [-0.2, 0) is 20.7 Å². The van der Waals surface area contributed by atoms with Crippen LogP contribution in [0.3, 0.4) is 0 Å². The van der Waals surface area contributed by atoms with Gasteiger partial charge in [-0.2, -0.15) is 0 Å². The summed E-state index contributed by atoms with van der Waals surface area (Å²) in [6.45, 7) is 13.0. The van der Waals surface area contributed by atoms with E-state index in [1.54, 1.807) is 13.2 Å². The molecule has 7 atom stereocenters. The number of rotatable bonds is 13. The minimum atomic E-state index is -0.774. The lowest BCUT2D eigenvalue weighted by Gasteiger charge is -2.44. The number of aromatic amines is 1. The van der Waals surface area contributed by atoms with E-state index >= 15 is 0 Å². The van der Waals surface area contributed by atoms with Crippen molar-refractivity contribution in [3.63, 3.8) is 0 Å². The molecule has 2 N–H and O–H groups in total. The minimum Gasteiger partial charge on any atom is -0.497 e. The van der Waals surface area contributed by atoms with Crippen LogP contribution in [0.4, 0.5) is 4.79 Å². The first-order valence-electron chi connectivity index (χ1n) is 21.1. The number of fused-ring (bicyclic) bond motifs is 1. The second-order valence-electron chi connectivity index (χ2n) is 19.0. The topological polar surface area (TPSA) is 131 Å². The zero-order valence-corrected chi connectivity index (χ0v) is 33.9. The van der Waals surface area contributed by atoms with Crippen LogP contribution in [0.25, 0.3) is 11.0 Å². The maximum Gasteiger partial charge on any atom is 0.408 e. The van der Waals surface area contributed by atoms with E-state index in [1.807, 2.05) is 30.9 Å². The van der Waals surface area contributed by atoms with Crippen molar-refractivity contribution < 1.29 is 23.9 Å². The number of carbonyl (C=O) groups excluding carboxylic acids is 3. The monoisotopic (exact) mass is 744 g/mol. The Bertz CT molecular complexity index is 1820. The first-order valence-corrected chi connectivity index (χ1v) is 21.1. The van der Waals surface area contributed by atoms with E-state index in [1.165, 1.54) is 6.42 Å². The van der Waals surface area contributed by atoms with Gasteiger partial charge < -0.3 is 24.7 Å². The third-order valence-electron chi connectivity index (χ3n) is 15.3. The SMILES string of the molecule is COc1ccc2nc(CCCCC3CC34CCCC4(C)OC(=O)NC(C(=O)N3CCC4(C[C@H]4C)[C@H]3C(=O)C(C)C)C(C)(C)C3CCCCC3)c(=O)[nH]c2c1. The molecule has 1 saturated heterocycles. The molecule has 1 aromatic heterocycles. The second kappa shape index (κ2) is 14.6. The van der Waals surface area contributed by atoms with Crippen molar-refractivity contribution in [2.75, 3.05) is 13.7 Å². The lowest BCUT2D eigenvalue weighted by Crippen LogP contribution is -2.60. The van der Waals surface area contributed by atoms with Crippen LogP contribution < -0.4 is 15.6 Å². The summed E-state index contributed by atoms with van der Waals surface area (Å²) >= 11 is 0. The Kier molecular flexibility index (Phi) is 10.5. The largest absolute Gasteiger partial charge is 0.497 e. The van der Waals surface area contributed by atoms with Gasteiger partial charge in [0.1, 0.15) is 23.1 Å². The number of H-pyrrole nitrogens is 1. The zero-order chi connectivity index (χ0) is 38.6. The lowest BCUT2D eigenvalue weighted by atomic mass is 9.66. The first kappa shape index (κ1) is 38.8. The van der Waals surface area contributed by atoms with Gasteiger partial charge in [-0.25, -0.2) is 9.78 Å². The van der Waals surface area contributed by atoms with E-state index in [0.717, 1.165) is 89.0 Å². The van der Waals surface area contributed by atoms with Crippen molar-refractivity contribution in [3.8, 4) is 5.75 Å². The molecular formula is C44H64N4O6. The number of alkyl carbamates (subject to hydrolysis) is 1. The molecule has 2 heterocycles. The van der Waals surface area contributed by atoms with Gasteiger partial charge in [0, 0.05) is 29.4 Å². The number of benzene rings is 1. The molecule has 296 valence electrons. The Labute approximate surface area is 321 Å². The molecule has 5 fully saturated rings. The van der Waals surface area contributed by atoms with Crippen molar-refractivity contribution in [2.45, 2.75) is 156 Å². The number of unbranched alkanes of at least 4 members (excludes halogenated alkanes) is 1. The van der Waals surface area contributed by atoms with E-state index in [2.05, 4.69) is 43.0 Å². The number of aromatic nitrogens is 2. The van der Waals surface area contributed by atoms with Crippen LogP contribution in [0.15, 0.2) is 23.0 Å². The van der Waals surface area contributed by atoms with Crippen molar-refractivity contribution in [3.05, 3.63) is 34.2 Å². The molecule has 54 heavy (non-hydrogen) atoms. The van der Waals surface area contributed by atoms with E-state index in [-0.39, 0.29) is 34.0 Å². The fraction of sp³-hybridized carbons (Fsp3) is 0.750. The number of ketones is 1. The number of Topliss-reactive ketones (excluding diaryl/α,β-unsaturated/α-hetero) is 1. The van der Waals surface area contributed by atoms with Gasteiger partial charge in [0.15, 0.2) is 5.78 Å². The molecule has 1 aliphatic heterocycles. The van der Waals surface area contributed by atoms with Crippen molar-refractivity contribution in [2.24, 2.45) is 39.9 Å². The molecule has 4 aliphatic carbocycles. The first-order chi connectivity index (χ1) is 25.7. The number of ether oxygens (including phenoxy) is 2. The number of hydrogen-bond acceptors (Lipinski definition) is 7. The van der Waals surface area contributed by atoms with Crippen molar-refractivity contribution >= 4 is 28.8 Å². The molecule has 2 amide bonds. The Morgan fingerprint density at radius 3 is 2.48 bits per heavy atom. The van der Waals surface area contributed by atoms with Gasteiger partial charge in [-0.05, 0) is 113 Å². The molecule has 4 saturated carbocycles. The zero-order valence-electron chi connectivity index (χ0n) is 33.9. The number of hydrogen-bond donors (Lipinski definition) is 2. The number of nitrogens with one attached hydrogen (secondary N) is 2. The molecule has 10 heteroatoms. The van der Waals surface area contributed by atoms with Crippen LogP contribution in [0.2, 0.25) is 0 Å². The Morgan fingerprint density at radius 1 is 1.06 bits per heavy atom. The highest BCUT2D eigenvalue weighted by molar-refractivity contribution is 5.95. The smallest absolute Gasteiger partial charge is 0.408 e. The van der Waals surface area contributed by atoms with E-state index < -0.39 is 29.2 Å². The highest BCUT2D eigenvalue weighted by Gasteiger charge is 2.68. The summed E-state index contributed by atoms with van der Waals surface area (Å²) in [6.07, 6.45) is 14.2. The number of carbonyl (C=O) groups is 3. The summed E-state index contributed by atoms with van der Waals surface area (Å²) < 4.78 is 11.8. The van der Waals surface area contributed by atoms with Gasteiger partial charge in [-0.3, -0.25) is 14.4 Å². The maximum absolute atomic E-state index is 14.9. The number of nitrogens with zero attached hydrogens (tertiary/aromatic N) is 2. The van der Waals surface area contributed by atoms with E-state index in [0.29, 0.717) is 47.7 Å². The normalized spacial score (nSPS) is 31.3. The second-order valence-corrected chi connectivity index (χ2v) is 19.0. The molecule has 2 spiro atoms. The van der Waals surface area contributed by atoms with E-state index in [9.17, 15) is 19.2 Å². The fourth-order valence-electron chi connectivity index (χ4n) is 11.5. The van der Waals surface area contributed by atoms with Gasteiger partial charge in [0.25, 0.3) is 5.56 Å². The van der Waals surface area contributed by atoms with Gasteiger partial charge in [0.2, 0.25) is 5.91 Å². The van der Waals surface area contributed by atoms with Gasteiger partial charge in [-0.1, -0.05) is 60.3 Å². The van der Waals surface area contributed by atoms with Crippen LogP contribution in [0, 0.1) is 39.9 Å². The van der Waals surface area contributed by atoms with Gasteiger partial charge in [-0.15, -0.1) is 0 Å². The summed E-state index contributed by atoms with van der Waals surface area (Å²) in [5.41, 5.74) is 0.524. The lowest BCUT2D eigenvalue weighted by molar-refractivity contribution is -0.145.